The zero-order chi connectivity index (χ0) is 23.4. The maximum atomic E-state index is 13.3. The first kappa shape index (κ1) is 25.6. The van der Waals surface area contributed by atoms with Crippen molar-refractivity contribution in [3.8, 4) is 0 Å². The molecule has 0 radical (unpaired) electrons. The summed E-state index contributed by atoms with van der Waals surface area (Å²) in [4.78, 5) is 23.6. The fourth-order valence-corrected chi connectivity index (χ4v) is 4.31. The predicted octanol–water partition coefficient (Wildman–Crippen LogP) is 4.73. The topological polar surface area (TPSA) is 70.2 Å². The van der Waals surface area contributed by atoms with Crippen molar-refractivity contribution in [2.75, 3.05) is 30.9 Å². The number of nitrogens with zero attached hydrogens (tertiary/aromatic N) is 3. The first-order chi connectivity index (χ1) is 15.9. The van der Waals surface area contributed by atoms with E-state index in [1.54, 1.807) is 0 Å². The van der Waals surface area contributed by atoms with Crippen LogP contribution in [0.25, 0.3) is 10.9 Å². The van der Waals surface area contributed by atoms with E-state index in [2.05, 4.69) is 15.6 Å². The van der Waals surface area contributed by atoms with Crippen LogP contribution in [0.1, 0.15) is 31.2 Å². The van der Waals surface area contributed by atoms with E-state index in [4.69, 9.17) is 4.98 Å². The summed E-state index contributed by atoms with van der Waals surface area (Å²) in [5.74, 6) is -0.0918. The van der Waals surface area contributed by atoms with E-state index in [-0.39, 0.29) is 30.8 Å². The average Bonchev–Trinajstić information content (AvgIpc) is 2.80. The molecule has 1 amide bonds. The summed E-state index contributed by atoms with van der Waals surface area (Å²) in [6.45, 7) is 0.590. The van der Waals surface area contributed by atoms with Crippen molar-refractivity contribution in [1.29, 1.82) is 0 Å². The Morgan fingerprint density at radius 1 is 1.03 bits per heavy atom. The highest BCUT2D eigenvalue weighted by Crippen LogP contribution is 2.28. The molecule has 0 spiro atoms. The van der Waals surface area contributed by atoms with Gasteiger partial charge in [0.2, 0.25) is 11.9 Å². The van der Waals surface area contributed by atoms with E-state index < -0.39 is 11.6 Å². The Bertz CT molecular complexity index is 1140. The highest BCUT2D eigenvalue weighted by molar-refractivity contribution is 5.90. The molecule has 0 atom stereocenters. The van der Waals surface area contributed by atoms with Crippen LogP contribution in [0.4, 0.5) is 20.5 Å². The molecule has 4 rings (SSSR count). The Balaban J connectivity index is 0.00000324. The Labute approximate surface area is 204 Å². The number of anilines is 2. The monoisotopic (exact) mass is 489 g/mol. The van der Waals surface area contributed by atoms with E-state index in [1.807, 2.05) is 43.3 Å². The molecule has 1 heterocycles. The highest BCUT2D eigenvalue weighted by atomic mass is 35.5. The van der Waals surface area contributed by atoms with Crippen LogP contribution in [0, 0.1) is 17.6 Å². The van der Waals surface area contributed by atoms with E-state index in [0.29, 0.717) is 24.0 Å². The molecule has 0 aliphatic heterocycles. The Morgan fingerprint density at radius 3 is 2.47 bits per heavy atom. The van der Waals surface area contributed by atoms with Crippen LogP contribution in [-0.2, 0) is 11.2 Å². The highest BCUT2D eigenvalue weighted by Gasteiger charge is 2.23. The summed E-state index contributed by atoms with van der Waals surface area (Å²) in [7, 11) is 3.95. The summed E-state index contributed by atoms with van der Waals surface area (Å²) in [5, 5.41) is 7.45. The van der Waals surface area contributed by atoms with Crippen molar-refractivity contribution in [2.45, 2.75) is 38.1 Å². The first-order valence-corrected chi connectivity index (χ1v) is 11.3. The predicted molar refractivity (Wildman–Crippen MR) is 134 cm³/mol. The minimum absolute atomic E-state index is 0. The average molecular weight is 490 g/mol. The molecule has 2 N–H and O–H groups in total. The van der Waals surface area contributed by atoms with Crippen LogP contribution >= 0.6 is 12.4 Å². The van der Waals surface area contributed by atoms with Crippen LogP contribution in [-0.4, -0.2) is 42.6 Å². The van der Waals surface area contributed by atoms with Crippen molar-refractivity contribution in [3.63, 3.8) is 0 Å². The number of nitrogens with one attached hydrogen (secondary N) is 2. The Morgan fingerprint density at radius 2 is 1.76 bits per heavy atom. The lowest BCUT2D eigenvalue weighted by molar-refractivity contribution is -0.120. The van der Waals surface area contributed by atoms with Gasteiger partial charge >= 0.3 is 0 Å². The van der Waals surface area contributed by atoms with E-state index >= 15 is 0 Å². The molecule has 1 aliphatic carbocycles. The first-order valence-electron chi connectivity index (χ1n) is 11.3. The van der Waals surface area contributed by atoms with E-state index in [1.165, 1.54) is 6.07 Å². The van der Waals surface area contributed by atoms with Crippen molar-refractivity contribution in [2.24, 2.45) is 5.92 Å². The fourth-order valence-electron chi connectivity index (χ4n) is 4.31. The molecule has 0 saturated heterocycles. The zero-order valence-corrected chi connectivity index (χ0v) is 20.2. The van der Waals surface area contributed by atoms with Crippen molar-refractivity contribution in [3.05, 3.63) is 59.7 Å². The molecule has 0 unspecified atom stereocenters. The minimum atomic E-state index is -0.931. The number of aromatic nitrogens is 2. The number of rotatable bonds is 7. The van der Waals surface area contributed by atoms with Gasteiger partial charge in [-0.2, -0.15) is 4.98 Å². The van der Waals surface area contributed by atoms with Crippen molar-refractivity contribution < 1.29 is 13.6 Å². The van der Waals surface area contributed by atoms with Crippen LogP contribution in [0.3, 0.4) is 0 Å². The van der Waals surface area contributed by atoms with Gasteiger partial charge in [-0.05, 0) is 61.4 Å². The second-order valence-corrected chi connectivity index (χ2v) is 8.87. The van der Waals surface area contributed by atoms with E-state index in [0.717, 1.165) is 54.5 Å². The summed E-state index contributed by atoms with van der Waals surface area (Å²) >= 11 is 0. The molecule has 1 aliphatic rings. The van der Waals surface area contributed by atoms with Crippen LogP contribution in [0.15, 0.2) is 42.5 Å². The molecule has 182 valence electrons. The molecule has 0 bridgehead atoms. The zero-order valence-electron chi connectivity index (χ0n) is 19.4. The number of carbonyl (C=O) groups is 1. The smallest absolute Gasteiger partial charge is 0.225 e. The third kappa shape index (κ3) is 6.32. The lowest BCUT2D eigenvalue weighted by Gasteiger charge is -2.29. The van der Waals surface area contributed by atoms with Gasteiger partial charge in [0.05, 0.1) is 11.9 Å². The summed E-state index contributed by atoms with van der Waals surface area (Å²) in [6, 6.07) is 11.8. The van der Waals surface area contributed by atoms with Gasteiger partial charge in [0.25, 0.3) is 0 Å². The second kappa shape index (κ2) is 11.4. The molecular weight excluding hydrogens is 460 g/mol. The molecule has 1 fully saturated rings. The van der Waals surface area contributed by atoms with Gasteiger partial charge in [0, 0.05) is 32.1 Å². The second-order valence-electron chi connectivity index (χ2n) is 8.87. The van der Waals surface area contributed by atoms with Gasteiger partial charge in [-0.1, -0.05) is 18.2 Å². The number of fused-ring (bicyclic) bond motifs is 1. The standard InChI is InChI=1S/C25H29F2N5O.ClH/c1-32(2)24-19-5-3-4-6-22(19)30-25(31-24)29-18-10-7-16(8-11-18)15-28-23(33)14-17-9-12-20(26)21(27)13-17;/h3-6,9,12-13,16,18H,7-8,10-11,14-15H2,1-2H3,(H,28,33)(H,29,30,31);1H. The fraction of sp³-hybridized carbons (Fsp3) is 0.400. The lowest BCUT2D eigenvalue weighted by Crippen LogP contribution is -2.34. The maximum absolute atomic E-state index is 13.3. The molecule has 3 aromatic rings. The van der Waals surface area contributed by atoms with Crippen molar-refractivity contribution in [1.82, 2.24) is 15.3 Å². The minimum Gasteiger partial charge on any atom is -0.362 e. The number of para-hydroxylation sites is 1. The third-order valence-electron chi connectivity index (χ3n) is 6.12. The molecule has 6 nitrogen and oxygen atoms in total. The van der Waals surface area contributed by atoms with Crippen LogP contribution in [0.5, 0.6) is 0 Å². The van der Waals surface area contributed by atoms with Gasteiger partial charge in [-0.25, -0.2) is 13.8 Å². The number of amides is 1. The van der Waals surface area contributed by atoms with Crippen LogP contribution in [0.2, 0.25) is 0 Å². The number of hydrogen-bond donors (Lipinski definition) is 2. The normalized spacial score (nSPS) is 17.6. The number of carbonyl (C=O) groups excluding carboxylic acids is 1. The molecule has 1 saturated carbocycles. The third-order valence-corrected chi connectivity index (χ3v) is 6.12. The summed E-state index contributed by atoms with van der Waals surface area (Å²) in [6.07, 6.45) is 3.95. The Hall–Kier alpha value is -3.00. The van der Waals surface area contributed by atoms with Gasteiger partial charge in [-0.3, -0.25) is 4.79 Å². The van der Waals surface area contributed by atoms with Crippen LogP contribution < -0.4 is 15.5 Å². The van der Waals surface area contributed by atoms with Gasteiger partial charge in [0.15, 0.2) is 11.6 Å². The van der Waals surface area contributed by atoms with Crippen molar-refractivity contribution >= 4 is 41.0 Å². The quantitative estimate of drug-likeness (QED) is 0.502. The largest absolute Gasteiger partial charge is 0.362 e. The Kier molecular flexibility index (Phi) is 8.61. The number of hydrogen-bond acceptors (Lipinski definition) is 5. The lowest BCUT2D eigenvalue weighted by atomic mass is 9.86. The van der Waals surface area contributed by atoms with E-state index in [9.17, 15) is 13.6 Å². The molecule has 34 heavy (non-hydrogen) atoms. The molecule has 9 heteroatoms. The number of benzene rings is 2. The molecule has 1 aromatic heterocycles. The summed E-state index contributed by atoms with van der Waals surface area (Å²) in [5.41, 5.74) is 1.38. The van der Waals surface area contributed by atoms with Gasteiger partial charge < -0.3 is 15.5 Å². The summed E-state index contributed by atoms with van der Waals surface area (Å²) < 4.78 is 26.3. The van der Waals surface area contributed by atoms with Gasteiger partial charge in [-0.15, -0.1) is 12.4 Å². The number of halogens is 3. The maximum Gasteiger partial charge on any atom is 0.225 e. The molecule has 2 aromatic carbocycles. The SMILES string of the molecule is CN(C)c1nc(NC2CCC(CNC(=O)Cc3ccc(F)c(F)c3)CC2)nc2ccccc12.Cl. The van der Waals surface area contributed by atoms with Gasteiger partial charge in [0.1, 0.15) is 5.82 Å². The molecular formula is C25H30ClF2N5O.